The first kappa shape index (κ1) is 18.3. The van der Waals surface area contributed by atoms with E-state index in [1.54, 1.807) is 23.2 Å². The number of hydrogen-bond donors (Lipinski definition) is 1. The van der Waals surface area contributed by atoms with Gasteiger partial charge in [0.25, 0.3) is 0 Å². The minimum Gasteiger partial charge on any atom is -0.378 e. The molecule has 0 bridgehead atoms. The van der Waals surface area contributed by atoms with Gasteiger partial charge in [0.05, 0.1) is 42.0 Å². The van der Waals surface area contributed by atoms with Crippen LogP contribution in [0, 0.1) is 0 Å². The van der Waals surface area contributed by atoms with E-state index in [2.05, 4.69) is 10.2 Å². The number of ether oxygens (including phenoxy) is 1. The first-order chi connectivity index (χ1) is 13.5. The van der Waals surface area contributed by atoms with Gasteiger partial charge in [0.2, 0.25) is 5.91 Å². The van der Waals surface area contributed by atoms with Crippen molar-refractivity contribution in [2.75, 3.05) is 36.5 Å². The highest BCUT2D eigenvalue weighted by Gasteiger charge is 2.20. The van der Waals surface area contributed by atoms with Crippen molar-refractivity contribution in [3.8, 4) is 0 Å². The molecule has 0 radical (unpaired) electrons. The van der Waals surface area contributed by atoms with Crippen molar-refractivity contribution >= 4 is 28.3 Å². The molecule has 1 aliphatic heterocycles. The number of aromatic nitrogens is 2. The van der Waals surface area contributed by atoms with Crippen LogP contribution in [0.1, 0.15) is 5.56 Å². The molecule has 7 heteroatoms. The van der Waals surface area contributed by atoms with E-state index >= 15 is 0 Å². The van der Waals surface area contributed by atoms with Crippen LogP contribution < -0.4 is 15.9 Å². The average molecular weight is 380 g/mol. The smallest absolute Gasteiger partial charge is 0.328 e. The lowest BCUT2D eigenvalue weighted by molar-refractivity contribution is -0.115. The fraction of sp³-hybridized carbons (Fsp3) is 0.333. The number of rotatable bonds is 4. The zero-order valence-electron chi connectivity index (χ0n) is 16.1. The Balaban J connectivity index is 1.72. The maximum absolute atomic E-state index is 12.7. The quantitative estimate of drug-likeness (QED) is 0.751. The summed E-state index contributed by atoms with van der Waals surface area (Å²) in [5.41, 5.74) is 4.14. The Morgan fingerprint density at radius 3 is 2.36 bits per heavy atom. The molecule has 1 saturated heterocycles. The molecular weight excluding hydrogens is 356 g/mol. The van der Waals surface area contributed by atoms with Gasteiger partial charge in [-0.15, -0.1) is 0 Å². The minimum atomic E-state index is -0.0873. The van der Waals surface area contributed by atoms with Gasteiger partial charge in [-0.05, 0) is 17.7 Å². The van der Waals surface area contributed by atoms with Gasteiger partial charge in [0.1, 0.15) is 0 Å². The Labute approximate surface area is 163 Å². The van der Waals surface area contributed by atoms with Gasteiger partial charge in [-0.3, -0.25) is 13.9 Å². The molecule has 1 aliphatic rings. The second-order valence-electron chi connectivity index (χ2n) is 7.07. The largest absolute Gasteiger partial charge is 0.378 e. The standard InChI is InChI=1S/C21H24N4O3/c1-23-18-13-16(22-20(26)12-15-6-4-3-5-7-15)17(25-8-10-28-11-9-25)14-19(18)24(2)21(23)27/h3-7,13-14H,8-12H2,1-2H3,(H,22,26). The fourth-order valence-corrected chi connectivity index (χ4v) is 3.68. The van der Waals surface area contributed by atoms with Crippen LogP contribution >= 0.6 is 0 Å². The molecule has 146 valence electrons. The normalized spacial score (nSPS) is 14.4. The Bertz CT molecular complexity index is 1060. The summed E-state index contributed by atoms with van der Waals surface area (Å²) >= 11 is 0. The number of morpholine rings is 1. The van der Waals surface area contributed by atoms with Crippen LogP contribution in [0.4, 0.5) is 11.4 Å². The lowest BCUT2D eigenvalue weighted by Crippen LogP contribution is -2.36. The van der Waals surface area contributed by atoms with Crippen molar-refractivity contribution < 1.29 is 9.53 Å². The highest BCUT2D eigenvalue weighted by atomic mass is 16.5. The van der Waals surface area contributed by atoms with E-state index in [4.69, 9.17) is 4.74 Å². The number of nitrogens with zero attached hydrogens (tertiary/aromatic N) is 3. The molecule has 1 N–H and O–H groups in total. The summed E-state index contributed by atoms with van der Waals surface area (Å²) in [7, 11) is 3.51. The minimum absolute atomic E-state index is 0.0824. The van der Waals surface area contributed by atoms with Gasteiger partial charge in [0, 0.05) is 27.2 Å². The van der Waals surface area contributed by atoms with Gasteiger partial charge in [-0.1, -0.05) is 30.3 Å². The van der Waals surface area contributed by atoms with Crippen molar-refractivity contribution in [3.63, 3.8) is 0 Å². The van der Waals surface area contributed by atoms with Gasteiger partial charge < -0.3 is 15.0 Å². The Morgan fingerprint density at radius 2 is 1.68 bits per heavy atom. The van der Waals surface area contributed by atoms with Gasteiger partial charge >= 0.3 is 5.69 Å². The molecule has 2 heterocycles. The zero-order valence-corrected chi connectivity index (χ0v) is 16.1. The fourth-order valence-electron chi connectivity index (χ4n) is 3.68. The number of carbonyl (C=O) groups is 1. The summed E-state index contributed by atoms with van der Waals surface area (Å²) in [4.78, 5) is 27.2. The third-order valence-corrected chi connectivity index (χ3v) is 5.22. The molecule has 0 saturated carbocycles. The summed E-state index contributed by atoms with van der Waals surface area (Å²) in [6, 6.07) is 13.5. The maximum Gasteiger partial charge on any atom is 0.328 e. The number of imidazole rings is 1. The molecular formula is C21H24N4O3. The maximum atomic E-state index is 12.7. The van der Waals surface area contributed by atoms with Crippen LogP contribution in [0.25, 0.3) is 11.0 Å². The number of amides is 1. The van der Waals surface area contributed by atoms with Crippen LogP contribution in [0.3, 0.4) is 0 Å². The van der Waals surface area contributed by atoms with Crippen molar-refractivity contribution in [1.29, 1.82) is 0 Å². The number of anilines is 2. The summed E-state index contributed by atoms with van der Waals surface area (Å²) in [6.07, 6.45) is 0.301. The Kier molecular flexibility index (Phi) is 4.92. The number of carbonyl (C=O) groups excluding carboxylic acids is 1. The molecule has 7 nitrogen and oxygen atoms in total. The van der Waals surface area contributed by atoms with E-state index in [1.807, 2.05) is 42.5 Å². The van der Waals surface area contributed by atoms with Crippen molar-refractivity contribution in [1.82, 2.24) is 9.13 Å². The average Bonchev–Trinajstić information content (AvgIpc) is 2.92. The van der Waals surface area contributed by atoms with E-state index in [0.29, 0.717) is 19.6 Å². The highest BCUT2D eigenvalue weighted by Crippen LogP contribution is 2.31. The molecule has 1 aromatic heterocycles. The number of hydrogen-bond acceptors (Lipinski definition) is 4. The molecule has 3 aromatic rings. The van der Waals surface area contributed by atoms with Gasteiger partial charge in [-0.25, -0.2) is 4.79 Å². The predicted molar refractivity (Wildman–Crippen MR) is 110 cm³/mol. The highest BCUT2D eigenvalue weighted by molar-refractivity contribution is 5.99. The first-order valence-electron chi connectivity index (χ1n) is 9.40. The monoisotopic (exact) mass is 380 g/mol. The number of fused-ring (bicyclic) bond motifs is 1. The van der Waals surface area contributed by atoms with E-state index in [9.17, 15) is 9.59 Å². The van der Waals surface area contributed by atoms with E-state index < -0.39 is 0 Å². The van der Waals surface area contributed by atoms with Crippen molar-refractivity contribution in [2.24, 2.45) is 14.1 Å². The number of aryl methyl sites for hydroxylation is 2. The molecule has 1 amide bonds. The summed E-state index contributed by atoms with van der Waals surface area (Å²) in [6.45, 7) is 2.77. The molecule has 1 fully saturated rings. The van der Waals surface area contributed by atoms with Crippen LogP contribution in [0.2, 0.25) is 0 Å². The second kappa shape index (κ2) is 7.52. The Hall–Kier alpha value is -3.06. The van der Waals surface area contributed by atoms with Gasteiger partial charge in [0.15, 0.2) is 0 Å². The summed E-state index contributed by atoms with van der Waals surface area (Å²) in [5, 5.41) is 3.06. The molecule has 0 atom stereocenters. The first-order valence-corrected chi connectivity index (χ1v) is 9.40. The topological polar surface area (TPSA) is 68.5 Å². The van der Waals surface area contributed by atoms with Gasteiger partial charge in [-0.2, -0.15) is 0 Å². The molecule has 0 unspecified atom stereocenters. The van der Waals surface area contributed by atoms with Crippen LogP contribution in [0.15, 0.2) is 47.3 Å². The molecule has 2 aromatic carbocycles. The van der Waals surface area contributed by atoms with Crippen LogP contribution in [-0.4, -0.2) is 41.3 Å². The summed E-state index contributed by atoms with van der Waals surface area (Å²) in [5.74, 6) is -0.0824. The third kappa shape index (κ3) is 3.41. The SMILES string of the molecule is Cn1c(=O)n(C)c2cc(N3CCOCC3)c(NC(=O)Cc3ccccc3)cc21. The lowest BCUT2D eigenvalue weighted by atomic mass is 10.1. The molecule has 0 aliphatic carbocycles. The second-order valence-corrected chi connectivity index (χ2v) is 7.07. The zero-order chi connectivity index (χ0) is 19.7. The molecule has 28 heavy (non-hydrogen) atoms. The third-order valence-electron chi connectivity index (χ3n) is 5.22. The summed E-state index contributed by atoms with van der Waals surface area (Å²) < 4.78 is 8.70. The number of nitrogens with one attached hydrogen (secondary N) is 1. The number of benzene rings is 2. The van der Waals surface area contributed by atoms with Crippen molar-refractivity contribution in [2.45, 2.75) is 6.42 Å². The van der Waals surface area contributed by atoms with Crippen molar-refractivity contribution in [3.05, 3.63) is 58.5 Å². The Morgan fingerprint density at radius 1 is 1.04 bits per heavy atom. The van der Waals surface area contributed by atoms with Crippen LogP contribution in [0.5, 0.6) is 0 Å². The molecule has 4 rings (SSSR count). The molecule has 0 spiro atoms. The van der Waals surface area contributed by atoms with Crippen LogP contribution in [-0.2, 0) is 30.0 Å². The van der Waals surface area contributed by atoms with E-state index in [0.717, 1.165) is 41.1 Å². The van der Waals surface area contributed by atoms with E-state index in [1.165, 1.54) is 0 Å². The van der Waals surface area contributed by atoms with E-state index in [-0.39, 0.29) is 11.6 Å². The predicted octanol–water partition coefficient (Wildman–Crippen LogP) is 1.89. The lowest BCUT2D eigenvalue weighted by Gasteiger charge is -2.30.